The van der Waals surface area contributed by atoms with Gasteiger partial charge in [-0.3, -0.25) is 4.79 Å². The maximum absolute atomic E-state index is 12.4. The molecule has 112 valence electrons. The molecule has 0 aliphatic rings. The predicted molar refractivity (Wildman–Crippen MR) is 81.9 cm³/mol. The zero-order chi connectivity index (χ0) is 15.2. The Morgan fingerprint density at radius 3 is 2.57 bits per heavy atom. The van der Waals surface area contributed by atoms with Gasteiger partial charge in [0.05, 0.1) is 5.75 Å². The molecule has 0 bridgehead atoms. The molecule has 0 spiro atoms. The summed E-state index contributed by atoms with van der Waals surface area (Å²) in [7, 11) is 0. The van der Waals surface area contributed by atoms with E-state index < -0.39 is 0 Å². The molecule has 5 nitrogen and oxygen atoms in total. The van der Waals surface area contributed by atoms with Crippen LogP contribution in [0.1, 0.15) is 25.3 Å². The highest BCUT2D eigenvalue weighted by molar-refractivity contribution is 7.99. The van der Waals surface area contributed by atoms with Gasteiger partial charge in [0.25, 0.3) is 5.22 Å². The minimum Gasteiger partial charge on any atom is -0.416 e. The Kier molecular flexibility index (Phi) is 5.38. The van der Waals surface area contributed by atoms with Crippen LogP contribution in [0, 0.1) is 6.92 Å². The van der Waals surface area contributed by atoms with E-state index in [1.807, 2.05) is 49.1 Å². The summed E-state index contributed by atoms with van der Waals surface area (Å²) in [4.78, 5) is 14.2. The summed E-state index contributed by atoms with van der Waals surface area (Å²) in [6, 6.07) is 10.1. The molecule has 0 aliphatic heterocycles. The van der Waals surface area contributed by atoms with Crippen molar-refractivity contribution in [3.8, 4) is 0 Å². The maximum atomic E-state index is 12.4. The van der Waals surface area contributed by atoms with E-state index in [-0.39, 0.29) is 11.9 Å². The molecule has 1 heterocycles. The van der Waals surface area contributed by atoms with Crippen molar-refractivity contribution in [3.63, 3.8) is 0 Å². The normalized spacial score (nSPS) is 10.9. The van der Waals surface area contributed by atoms with E-state index in [1.54, 1.807) is 6.92 Å². The van der Waals surface area contributed by atoms with Crippen LogP contribution in [0.15, 0.2) is 40.0 Å². The third-order valence-corrected chi connectivity index (χ3v) is 3.77. The van der Waals surface area contributed by atoms with Gasteiger partial charge in [-0.05, 0) is 19.4 Å². The number of nitrogens with zero attached hydrogens (tertiary/aromatic N) is 3. The van der Waals surface area contributed by atoms with Crippen LogP contribution in [-0.2, 0) is 11.3 Å². The summed E-state index contributed by atoms with van der Waals surface area (Å²) >= 11 is 1.27. The molecule has 0 N–H and O–H groups in total. The molecule has 0 unspecified atom stereocenters. The average Bonchev–Trinajstić information content (AvgIpc) is 2.89. The first kappa shape index (κ1) is 15.6. The molecule has 0 fully saturated rings. The van der Waals surface area contributed by atoms with E-state index in [9.17, 15) is 4.79 Å². The van der Waals surface area contributed by atoms with Gasteiger partial charge < -0.3 is 9.32 Å². The summed E-state index contributed by atoms with van der Waals surface area (Å²) in [6.45, 7) is 6.38. The summed E-state index contributed by atoms with van der Waals surface area (Å²) in [5.41, 5.74) is 1.12. The summed E-state index contributed by atoms with van der Waals surface area (Å²) in [5, 5.41) is 8.07. The Morgan fingerprint density at radius 2 is 2.00 bits per heavy atom. The number of hydrogen-bond donors (Lipinski definition) is 0. The summed E-state index contributed by atoms with van der Waals surface area (Å²) in [6.07, 6.45) is 0. The smallest absolute Gasteiger partial charge is 0.277 e. The zero-order valence-corrected chi connectivity index (χ0v) is 13.3. The van der Waals surface area contributed by atoms with Gasteiger partial charge in [0.15, 0.2) is 0 Å². The Morgan fingerprint density at radius 1 is 1.29 bits per heavy atom. The van der Waals surface area contributed by atoms with Gasteiger partial charge in [-0.2, -0.15) is 0 Å². The second-order valence-electron chi connectivity index (χ2n) is 4.98. The number of carbonyl (C=O) groups is 1. The minimum absolute atomic E-state index is 0.0645. The third-order valence-electron chi connectivity index (χ3n) is 2.97. The van der Waals surface area contributed by atoms with Gasteiger partial charge in [-0.25, -0.2) is 0 Å². The monoisotopic (exact) mass is 305 g/mol. The van der Waals surface area contributed by atoms with Crippen LogP contribution in [0.4, 0.5) is 0 Å². The molecule has 0 saturated heterocycles. The lowest BCUT2D eigenvalue weighted by Crippen LogP contribution is -2.37. The van der Waals surface area contributed by atoms with Crippen molar-refractivity contribution in [1.82, 2.24) is 15.1 Å². The van der Waals surface area contributed by atoms with Crippen LogP contribution >= 0.6 is 11.8 Å². The molecule has 0 atom stereocenters. The predicted octanol–water partition coefficient (Wildman–Crippen LogP) is 2.91. The van der Waals surface area contributed by atoms with Crippen LogP contribution < -0.4 is 0 Å². The van der Waals surface area contributed by atoms with Gasteiger partial charge in [-0.15, -0.1) is 10.2 Å². The first-order valence-corrected chi connectivity index (χ1v) is 7.81. The van der Waals surface area contributed by atoms with Gasteiger partial charge >= 0.3 is 0 Å². The number of amides is 1. The van der Waals surface area contributed by atoms with Crippen molar-refractivity contribution < 1.29 is 9.21 Å². The van der Waals surface area contributed by atoms with Crippen LogP contribution in [0.5, 0.6) is 0 Å². The van der Waals surface area contributed by atoms with Gasteiger partial charge in [0, 0.05) is 19.5 Å². The number of benzene rings is 1. The molecule has 0 radical (unpaired) electrons. The molecule has 1 aromatic heterocycles. The van der Waals surface area contributed by atoms with Crippen LogP contribution in [-0.4, -0.2) is 32.8 Å². The molecule has 2 rings (SSSR count). The first-order valence-electron chi connectivity index (χ1n) is 6.82. The lowest BCUT2D eigenvalue weighted by Gasteiger charge is -2.26. The van der Waals surface area contributed by atoms with E-state index >= 15 is 0 Å². The first-order chi connectivity index (χ1) is 10.1. The topological polar surface area (TPSA) is 59.2 Å². The van der Waals surface area contributed by atoms with Crippen LogP contribution in [0.3, 0.4) is 0 Å². The van der Waals surface area contributed by atoms with Crippen molar-refractivity contribution in [3.05, 3.63) is 41.8 Å². The van der Waals surface area contributed by atoms with Crippen molar-refractivity contribution >= 4 is 17.7 Å². The van der Waals surface area contributed by atoms with Crippen molar-refractivity contribution in [1.29, 1.82) is 0 Å². The van der Waals surface area contributed by atoms with Crippen LogP contribution in [0.25, 0.3) is 0 Å². The largest absolute Gasteiger partial charge is 0.416 e. The number of rotatable bonds is 6. The lowest BCUT2D eigenvalue weighted by molar-refractivity contribution is -0.130. The SMILES string of the molecule is Cc1nnc(SCC(=O)N(Cc2ccccc2)C(C)C)o1. The molecule has 1 amide bonds. The van der Waals surface area contributed by atoms with E-state index in [0.717, 1.165) is 5.56 Å². The number of aryl methyl sites for hydroxylation is 1. The summed E-state index contributed by atoms with van der Waals surface area (Å²) in [5.74, 6) is 0.872. The highest BCUT2D eigenvalue weighted by Crippen LogP contribution is 2.18. The summed E-state index contributed by atoms with van der Waals surface area (Å²) < 4.78 is 5.26. The van der Waals surface area contributed by atoms with Crippen LogP contribution in [0.2, 0.25) is 0 Å². The third kappa shape index (κ3) is 4.60. The standard InChI is InChI=1S/C15H19N3O2S/c1-11(2)18(9-13-7-5-4-6-8-13)14(19)10-21-15-17-16-12(3)20-15/h4-8,11H,9-10H2,1-3H3. The molecular formula is C15H19N3O2S. The van der Waals surface area contributed by atoms with E-state index in [1.165, 1.54) is 11.8 Å². The van der Waals surface area contributed by atoms with Crippen molar-refractivity contribution in [2.75, 3.05) is 5.75 Å². The average molecular weight is 305 g/mol. The van der Waals surface area contributed by atoms with Crippen molar-refractivity contribution in [2.45, 2.75) is 38.6 Å². The Hall–Kier alpha value is -1.82. The second-order valence-corrected chi connectivity index (χ2v) is 5.90. The molecular weight excluding hydrogens is 286 g/mol. The Balaban J connectivity index is 1.95. The molecule has 0 aliphatic carbocycles. The van der Waals surface area contributed by atoms with Gasteiger partial charge in [0.1, 0.15) is 0 Å². The highest BCUT2D eigenvalue weighted by atomic mass is 32.2. The number of carbonyl (C=O) groups excluding carboxylic acids is 1. The zero-order valence-electron chi connectivity index (χ0n) is 12.4. The Bertz CT molecular complexity index is 584. The Labute approximate surface area is 128 Å². The molecule has 21 heavy (non-hydrogen) atoms. The minimum atomic E-state index is 0.0645. The molecule has 1 aromatic carbocycles. The molecule has 2 aromatic rings. The number of hydrogen-bond acceptors (Lipinski definition) is 5. The molecule has 0 saturated carbocycles. The van der Waals surface area contributed by atoms with E-state index in [2.05, 4.69) is 10.2 Å². The lowest BCUT2D eigenvalue weighted by atomic mass is 10.2. The maximum Gasteiger partial charge on any atom is 0.277 e. The number of aromatic nitrogens is 2. The number of thioether (sulfide) groups is 1. The van der Waals surface area contributed by atoms with Gasteiger partial charge in [-0.1, -0.05) is 42.1 Å². The fraction of sp³-hybridized carbons (Fsp3) is 0.400. The van der Waals surface area contributed by atoms with E-state index in [4.69, 9.17) is 4.42 Å². The van der Waals surface area contributed by atoms with E-state index in [0.29, 0.717) is 23.4 Å². The second kappa shape index (κ2) is 7.26. The fourth-order valence-corrected chi connectivity index (χ4v) is 2.57. The quantitative estimate of drug-likeness (QED) is 0.768. The molecule has 6 heteroatoms. The van der Waals surface area contributed by atoms with Crippen molar-refractivity contribution in [2.24, 2.45) is 0 Å². The van der Waals surface area contributed by atoms with Gasteiger partial charge in [0.2, 0.25) is 11.8 Å². The fourth-order valence-electron chi connectivity index (χ4n) is 1.88. The highest BCUT2D eigenvalue weighted by Gasteiger charge is 2.18.